The molecule has 0 atom stereocenters. The fourth-order valence-corrected chi connectivity index (χ4v) is 0.908. The van der Waals surface area contributed by atoms with Crippen molar-refractivity contribution in [2.24, 2.45) is 0 Å². The first-order valence-electron chi connectivity index (χ1n) is 4.18. The van der Waals surface area contributed by atoms with E-state index < -0.39 is 0 Å². The molecule has 1 rings (SSSR count). The molecular formula is C11H10O3. The largest absolute Gasteiger partial charge is 0.462 e. The van der Waals surface area contributed by atoms with Gasteiger partial charge in [-0.05, 0) is 12.1 Å². The van der Waals surface area contributed by atoms with Gasteiger partial charge in [0.2, 0.25) is 0 Å². The van der Waals surface area contributed by atoms with E-state index in [4.69, 9.17) is 9.84 Å². The molecule has 72 valence electrons. The number of carbonyl (C=O) groups excluding carboxylic acids is 1. The highest BCUT2D eigenvalue weighted by atomic mass is 16.5. The number of aliphatic hydroxyl groups is 1. The number of ether oxygens (including phenoxy) is 1. The minimum absolute atomic E-state index is 0.196. The Labute approximate surface area is 82.3 Å². The maximum Gasteiger partial charge on any atom is 0.338 e. The average molecular weight is 190 g/mol. The summed E-state index contributed by atoms with van der Waals surface area (Å²) in [5.41, 5.74) is 0.518. The van der Waals surface area contributed by atoms with E-state index in [1.54, 1.807) is 30.4 Å². The van der Waals surface area contributed by atoms with Crippen LogP contribution in [-0.2, 0) is 4.74 Å². The Bertz CT molecular complexity index is 346. The highest BCUT2D eigenvalue weighted by Crippen LogP contribution is 2.00. The summed E-state index contributed by atoms with van der Waals surface area (Å²) in [6.07, 6.45) is 2.08. The predicted octanol–water partition coefficient (Wildman–Crippen LogP) is 1.57. The van der Waals surface area contributed by atoms with E-state index in [0.29, 0.717) is 12.0 Å². The van der Waals surface area contributed by atoms with Gasteiger partial charge in [0, 0.05) is 6.42 Å². The molecule has 0 bridgehead atoms. The van der Waals surface area contributed by atoms with Crippen molar-refractivity contribution in [3.05, 3.63) is 35.9 Å². The molecular weight excluding hydrogens is 180 g/mol. The van der Waals surface area contributed by atoms with Crippen LogP contribution in [0.2, 0.25) is 0 Å². The Hall–Kier alpha value is -1.95. The van der Waals surface area contributed by atoms with Gasteiger partial charge >= 0.3 is 5.97 Å². The molecule has 14 heavy (non-hydrogen) atoms. The van der Waals surface area contributed by atoms with Crippen LogP contribution in [0.5, 0.6) is 0 Å². The summed E-state index contributed by atoms with van der Waals surface area (Å²) in [6, 6.07) is 8.72. The third-order valence-corrected chi connectivity index (χ3v) is 1.55. The van der Waals surface area contributed by atoms with Crippen LogP contribution < -0.4 is 0 Å². The molecule has 3 heteroatoms. The first-order chi connectivity index (χ1) is 6.84. The lowest BCUT2D eigenvalue weighted by Crippen LogP contribution is -2.05. The standard InChI is InChI=1S/C11H10O3/c12-8-4-5-9-14-11(13)10-6-2-1-3-7-10/h1-3,6-7,12H,5,9H2. The minimum Gasteiger partial charge on any atom is -0.462 e. The maximum atomic E-state index is 11.3. The van der Waals surface area contributed by atoms with Crippen LogP contribution in [0, 0.1) is 12.0 Å². The Kier molecular flexibility index (Phi) is 4.09. The summed E-state index contributed by atoms with van der Waals surface area (Å²) in [4.78, 5) is 11.3. The smallest absolute Gasteiger partial charge is 0.338 e. The second kappa shape index (κ2) is 5.65. The van der Waals surface area contributed by atoms with E-state index >= 15 is 0 Å². The van der Waals surface area contributed by atoms with Crippen molar-refractivity contribution in [3.8, 4) is 12.0 Å². The second-order valence-corrected chi connectivity index (χ2v) is 2.54. The van der Waals surface area contributed by atoms with Crippen LogP contribution in [0.15, 0.2) is 30.3 Å². The molecule has 0 amide bonds. The first kappa shape index (κ1) is 10.1. The molecule has 0 aromatic heterocycles. The van der Waals surface area contributed by atoms with Crippen LogP contribution in [-0.4, -0.2) is 17.7 Å². The average Bonchev–Trinajstić information content (AvgIpc) is 2.25. The third kappa shape index (κ3) is 3.20. The van der Waals surface area contributed by atoms with Gasteiger partial charge in [-0.1, -0.05) is 24.1 Å². The number of carbonyl (C=O) groups is 1. The van der Waals surface area contributed by atoms with Crippen LogP contribution in [0.4, 0.5) is 0 Å². The van der Waals surface area contributed by atoms with Crippen molar-refractivity contribution in [1.29, 1.82) is 0 Å². The lowest BCUT2D eigenvalue weighted by atomic mass is 10.2. The lowest BCUT2D eigenvalue weighted by Gasteiger charge is -2.01. The Morgan fingerprint density at radius 3 is 2.71 bits per heavy atom. The summed E-state index contributed by atoms with van der Waals surface area (Å²) in [5, 5.41) is 8.15. The summed E-state index contributed by atoms with van der Waals surface area (Å²) in [5.74, 6) is 2.01. The van der Waals surface area contributed by atoms with E-state index in [1.165, 1.54) is 0 Å². The summed E-state index contributed by atoms with van der Waals surface area (Å²) in [7, 11) is 0. The lowest BCUT2D eigenvalue weighted by molar-refractivity contribution is 0.0513. The van der Waals surface area contributed by atoms with Crippen molar-refractivity contribution >= 4 is 5.97 Å². The SMILES string of the molecule is O=C(OCCC#CO)c1ccccc1. The van der Waals surface area contributed by atoms with Crippen LogP contribution in [0.3, 0.4) is 0 Å². The Balaban J connectivity index is 2.39. The van der Waals surface area contributed by atoms with Crippen molar-refractivity contribution < 1.29 is 14.6 Å². The van der Waals surface area contributed by atoms with Crippen LogP contribution >= 0.6 is 0 Å². The molecule has 1 aromatic rings. The van der Waals surface area contributed by atoms with Gasteiger partial charge in [-0.15, -0.1) is 0 Å². The van der Waals surface area contributed by atoms with Gasteiger partial charge in [-0.25, -0.2) is 4.79 Å². The van der Waals surface area contributed by atoms with Crippen molar-refractivity contribution in [2.45, 2.75) is 6.42 Å². The zero-order chi connectivity index (χ0) is 10.2. The molecule has 0 fully saturated rings. The Morgan fingerprint density at radius 2 is 2.07 bits per heavy atom. The van der Waals surface area contributed by atoms with Gasteiger partial charge in [0.05, 0.1) is 5.56 Å². The van der Waals surface area contributed by atoms with Crippen molar-refractivity contribution in [3.63, 3.8) is 0 Å². The highest BCUT2D eigenvalue weighted by Gasteiger charge is 2.03. The number of benzene rings is 1. The number of esters is 1. The second-order valence-electron chi connectivity index (χ2n) is 2.54. The topological polar surface area (TPSA) is 46.5 Å². The molecule has 3 nitrogen and oxygen atoms in total. The summed E-state index contributed by atoms with van der Waals surface area (Å²) in [6.45, 7) is 0.196. The number of aliphatic hydroxyl groups excluding tert-OH is 1. The van der Waals surface area contributed by atoms with Crippen LogP contribution in [0.1, 0.15) is 16.8 Å². The van der Waals surface area contributed by atoms with E-state index in [9.17, 15) is 4.79 Å². The van der Waals surface area contributed by atoms with Gasteiger partial charge in [-0.3, -0.25) is 0 Å². The zero-order valence-electron chi connectivity index (χ0n) is 7.56. The molecule has 0 aliphatic heterocycles. The van der Waals surface area contributed by atoms with Crippen molar-refractivity contribution in [2.75, 3.05) is 6.61 Å². The van der Waals surface area contributed by atoms with E-state index in [2.05, 4.69) is 5.92 Å². The molecule has 0 unspecified atom stereocenters. The molecule has 0 spiro atoms. The van der Waals surface area contributed by atoms with Gasteiger partial charge < -0.3 is 9.84 Å². The zero-order valence-corrected chi connectivity index (χ0v) is 7.56. The first-order valence-corrected chi connectivity index (χ1v) is 4.18. The minimum atomic E-state index is -0.370. The number of hydrogen-bond donors (Lipinski definition) is 1. The van der Waals surface area contributed by atoms with Crippen molar-refractivity contribution in [1.82, 2.24) is 0 Å². The molecule has 0 heterocycles. The molecule has 0 aliphatic carbocycles. The molecule has 0 saturated carbocycles. The normalized spacial score (nSPS) is 8.57. The number of rotatable bonds is 3. The third-order valence-electron chi connectivity index (χ3n) is 1.55. The van der Waals surface area contributed by atoms with Gasteiger partial charge in [-0.2, -0.15) is 0 Å². The highest BCUT2D eigenvalue weighted by molar-refractivity contribution is 5.89. The molecule has 0 saturated heterocycles. The quantitative estimate of drug-likeness (QED) is 0.447. The summed E-state index contributed by atoms with van der Waals surface area (Å²) < 4.78 is 4.88. The maximum absolute atomic E-state index is 11.3. The van der Waals surface area contributed by atoms with Gasteiger partial charge in [0.15, 0.2) is 0 Å². The molecule has 0 radical (unpaired) electrons. The predicted molar refractivity (Wildman–Crippen MR) is 51.1 cm³/mol. The monoisotopic (exact) mass is 190 g/mol. The Morgan fingerprint density at radius 1 is 1.36 bits per heavy atom. The van der Waals surface area contributed by atoms with Gasteiger partial charge in [0.25, 0.3) is 0 Å². The van der Waals surface area contributed by atoms with Gasteiger partial charge in [0.1, 0.15) is 12.7 Å². The van der Waals surface area contributed by atoms with E-state index in [-0.39, 0.29) is 12.6 Å². The molecule has 1 aromatic carbocycles. The number of hydrogen-bond acceptors (Lipinski definition) is 3. The molecule has 1 N–H and O–H groups in total. The van der Waals surface area contributed by atoms with E-state index in [1.807, 2.05) is 6.07 Å². The summed E-state index contributed by atoms with van der Waals surface area (Å²) >= 11 is 0. The van der Waals surface area contributed by atoms with E-state index in [0.717, 1.165) is 0 Å². The van der Waals surface area contributed by atoms with Crippen LogP contribution in [0.25, 0.3) is 0 Å². The fourth-order valence-electron chi connectivity index (χ4n) is 0.908. The fraction of sp³-hybridized carbons (Fsp3) is 0.182. The molecule has 0 aliphatic rings.